The zero-order chi connectivity index (χ0) is 19.2. The molecule has 27 heavy (non-hydrogen) atoms. The molecule has 0 aliphatic carbocycles. The van der Waals surface area contributed by atoms with E-state index < -0.39 is 0 Å². The molecule has 0 bridgehead atoms. The van der Waals surface area contributed by atoms with E-state index in [1.54, 1.807) is 16.7 Å². The molecular weight excluding hydrogens is 358 g/mol. The number of para-hydroxylation sites is 1. The first-order chi connectivity index (χ1) is 13.1. The normalized spacial score (nSPS) is 11.7. The van der Waals surface area contributed by atoms with Gasteiger partial charge in [0.2, 0.25) is 5.91 Å². The summed E-state index contributed by atoms with van der Waals surface area (Å²) in [5, 5.41) is 3.69. The minimum atomic E-state index is -0.216. The van der Waals surface area contributed by atoms with Crippen LogP contribution in [0.3, 0.4) is 0 Å². The predicted molar refractivity (Wildman–Crippen MR) is 109 cm³/mol. The molecule has 0 spiro atoms. The van der Waals surface area contributed by atoms with Crippen LogP contribution in [0.4, 0.5) is 0 Å². The maximum atomic E-state index is 13.2. The number of fused-ring (bicyclic) bond motifs is 1. The molecule has 0 unspecified atom stereocenters. The average molecular weight is 377 g/mol. The van der Waals surface area contributed by atoms with Crippen LogP contribution in [0.15, 0.2) is 64.5 Å². The summed E-state index contributed by atoms with van der Waals surface area (Å²) in [5.41, 5.74) is 1.49. The Hall–Kier alpha value is -3.04. The second-order valence-corrected chi connectivity index (χ2v) is 6.89. The van der Waals surface area contributed by atoms with E-state index >= 15 is 0 Å². The lowest BCUT2D eigenvalue weighted by atomic mass is 10.1. The van der Waals surface area contributed by atoms with Crippen LogP contribution < -0.4 is 10.9 Å². The van der Waals surface area contributed by atoms with Crippen LogP contribution in [0.2, 0.25) is 0 Å². The zero-order valence-electron chi connectivity index (χ0n) is 14.9. The number of thioether (sulfide) groups is 1. The molecule has 1 amide bonds. The molecule has 136 valence electrons. The lowest BCUT2D eigenvalue weighted by molar-refractivity contribution is -0.118. The number of rotatable bonds is 6. The molecule has 1 aromatic heterocycles. The fraction of sp³-hybridized carbons (Fsp3) is 0.190. The summed E-state index contributed by atoms with van der Waals surface area (Å²) in [6, 6.07) is 16.8. The van der Waals surface area contributed by atoms with Crippen molar-refractivity contribution in [1.82, 2.24) is 14.9 Å². The second-order valence-electron chi connectivity index (χ2n) is 5.94. The molecular formula is C21H19N3O2S. The first kappa shape index (κ1) is 18.7. The van der Waals surface area contributed by atoms with Gasteiger partial charge in [0.1, 0.15) is 0 Å². The third-order valence-electron chi connectivity index (χ3n) is 4.16. The van der Waals surface area contributed by atoms with Gasteiger partial charge in [0.25, 0.3) is 5.56 Å². The molecule has 6 heteroatoms. The number of carbonyl (C=O) groups excluding carboxylic acids is 1. The van der Waals surface area contributed by atoms with E-state index in [1.807, 2.05) is 49.4 Å². The fourth-order valence-electron chi connectivity index (χ4n) is 2.78. The summed E-state index contributed by atoms with van der Waals surface area (Å²) in [4.78, 5) is 29.7. The number of carbonyl (C=O) groups is 1. The highest BCUT2D eigenvalue weighted by atomic mass is 32.2. The molecule has 3 rings (SSSR count). The van der Waals surface area contributed by atoms with Gasteiger partial charge in [0.05, 0.1) is 29.2 Å². The Bertz CT molecular complexity index is 1050. The first-order valence-electron chi connectivity index (χ1n) is 8.51. The summed E-state index contributed by atoms with van der Waals surface area (Å²) < 4.78 is 1.65. The Morgan fingerprint density at radius 1 is 1.22 bits per heavy atom. The summed E-state index contributed by atoms with van der Waals surface area (Å²) in [7, 11) is 0. The summed E-state index contributed by atoms with van der Waals surface area (Å²) in [6.07, 6.45) is 5.17. The van der Waals surface area contributed by atoms with Crippen molar-refractivity contribution in [1.29, 1.82) is 0 Å². The largest absolute Gasteiger partial charge is 0.344 e. The van der Waals surface area contributed by atoms with Gasteiger partial charge in [-0.25, -0.2) is 4.98 Å². The smallest absolute Gasteiger partial charge is 0.262 e. The van der Waals surface area contributed by atoms with Crippen molar-refractivity contribution in [2.45, 2.75) is 18.1 Å². The Morgan fingerprint density at radius 2 is 1.93 bits per heavy atom. The van der Waals surface area contributed by atoms with Gasteiger partial charge in [0, 0.05) is 0 Å². The molecule has 0 aliphatic rings. The summed E-state index contributed by atoms with van der Waals surface area (Å²) in [5.74, 6) is 2.31. The highest BCUT2D eigenvalue weighted by Crippen LogP contribution is 2.24. The molecule has 3 aromatic rings. The van der Waals surface area contributed by atoms with E-state index in [0.29, 0.717) is 16.1 Å². The van der Waals surface area contributed by atoms with Crippen molar-refractivity contribution in [3.63, 3.8) is 0 Å². The number of hydrogen-bond donors (Lipinski definition) is 1. The maximum Gasteiger partial charge on any atom is 0.262 e. The fourth-order valence-corrected chi connectivity index (χ4v) is 3.69. The first-order valence-corrected chi connectivity index (χ1v) is 9.49. The van der Waals surface area contributed by atoms with Crippen LogP contribution in [-0.4, -0.2) is 27.8 Å². The number of nitrogens with one attached hydrogen (secondary N) is 1. The van der Waals surface area contributed by atoms with E-state index in [2.05, 4.69) is 16.2 Å². The number of nitrogens with zero attached hydrogens (tertiary/aromatic N) is 2. The number of terminal acetylenes is 1. The van der Waals surface area contributed by atoms with Gasteiger partial charge in [-0.2, -0.15) is 0 Å². The van der Waals surface area contributed by atoms with E-state index in [9.17, 15) is 9.59 Å². The highest BCUT2D eigenvalue weighted by molar-refractivity contribution is 7.99. The molecule has 0 saturated carbocycles. The van der Waals surface area contributed by atoms with Gasteiger partial charge in [-0.3, -0.25) is 14.2 Å². The molecule has 0 fully saturated rings. The van der Waals surface area contributed by atoms with Crippen LogP contribution in [0, 0.1) is 12.3 Å². The standard InChI is InChI=1S/C21H19N3O2S/c1-3-13-22-19(25)14-27-21-23-18-12-8-7-11-17(18)20(26)24(21)15(2)16-9-5-4-6-10-16/h1,4-12,15H,13-14H2,2H3,(H,22,25)/t15-/m1/s1. The van der Waals surface area contributed by atoms with Crippen molar-refractivity contribution in [3.8, 4) is 12.3 Å². The molecule has 1 N–H and O–H groups in total. The van der Waals surface area contributed by atoms with Crippen molar-refractivity contribution in [2.24, 2.45) is 0 Å². The number of benzene rings is 2. The third kappa shape index (κ3) is 4.21. The number of hydrogen-bond acceptors (Lipinski definition) is 4. The lowest BCUT2D eigenvalue weighted by Gasteiger charge is -2.19. The highest BCUT2D eigenvalue weighted by Gasteiger charge is 2.18. The van der Waals surface area contributed by atoms with Crippen LogP contribution in [-0.2, 0) is 4.79 Å². The summed E-state index contributed by atoms with van der Waals surface area (Å²) >= 11 is 1.23. The Labute approximate surface area is 161 Å². The van der Waals surface area contributed by atoms with E-state index in [1.165, 1.54) is 11.8 Å². The summed E-state index contributed by atoms with van der Waals surface area (Å²) in [6.45, 7) is 2.13. The molecule has 2 aromatic carbocycles. The van der Waals surface area contributed by atoms with E-state index in [0.717, 1.165) is 5.56 Å². The van der Waals surface area contributed by atoms with Crippen LogP contribution in [0.5, 0.6) is 0 Å². The molecule has 1 heterocycles. The number of amides is 1. The van der Waals surface area contributed by atoms with Crippen molar-refractivity contribution in [3.05, 3.63) is 70.5 Å². The lowest BCUT2D eigenvalue weighted by Crippen LogP contribution is -2.29. The van der Waals surface area contributed by atoms with Crippen molar-refractivity contribution < 1.29 is 4.79 Å². The van der Waals surface area contributed by atoms with Gasteiger partial charge < -0.3 is 5.32 Å². The second kappa shape index (κ2) is 8.56. The van der Waals surface area contributed by atoms with Gasteiger partial charge in [-0.15, -0.1) is 6.42 Å². The molecule has 0 radical (unpaired) electrons. The molecule has 0 aliphatic heterocycles. The van der Waals surface area contributed by atoms with Crippen LogP contribution in [0.1, 0.15) is 18.5 Å². The minimum Gasteiger partial charge on any atom is -0.344 e. The van der Waals surface area contributed by atoms with Crippen molar-refractivity contribution >= 4 is 28.6 Å². The quantitative estimate of drug-likeness (QED) is 0.408. The Balaban J connectivity index is 2.04. The monoisotopic (exact) mass is 377 g/mol. The predicted octanol–water partition coefficient (Wildman–Crippen LogP) is 2.85. The van der Waals surface area contributed by atoms with Gasteiger partial charge in [-0.1, -0.05) is 60.1 Å². The van der Waals surface area contributed by atoms with Crippen molar-refractivity contribution in [2.75, 3.05) is 12.3 Å². The third-order valence-corrected chi connectivity index (χ3v) is 5.12. The average Bonchev–Trinajstić information content (AvgIpc) is 2.71. The maximum absolute atomic E-state index is 13.2. The van der Waals surface area contributed by atoms with Gasteiger partial charge in [0.15, 0.2) is 5.16 Å². The Morgan fingerprint density at radius 3 is 2.67 bits per heavy atom. The number of aromatic nitrogens is 2. The molecule has 1 atom stereocenters. The topological polar surface area (TPSA) is 64.0 Å². The molecule has 0 saturated heterocycles. The van der Waals surface area contributed by atoms with E-state index in [4.69, 9.17) is 6.42 Å². The van der Waals surface area contributed by atoms with Crippen LogP contribution in [0.25, 0.3) is 10.9 Å². The van der Waals surface area contributed by atoms with Gasteiger partial charge in [-0.05, 0) is 24.6 Å². The zero-order valence-corrected chi connectivity index (χ0v) is 15.7. The van der Waals surface area contributed by atoms with Crippen LogP contribution >= 0.6 is 11.8 Å². The Kier molecular flexibility index (Phi) is 5.94. The minimum absolute atomic E-state index is 0.122. The SMILES string of the molecule is C#CCNC(=O)CSc1nc2ccccc2c(=O)n1[C@H](C)c1ccccc1. The van der Waals surface area contributed by atoms with Gasteiger partial charge >= 0.3 is 0 Å². The molecule has 5 nitrogen and oxygen atoms in total. The van der Waals surface area contributed by atoms with E-state index in [-0.39, 0.29) is 29.8 Å².